The van der Waals surface area contributed by atoms with E-state index in [0.717, 1.165) is 16.7 Å². The van der Waals surface area contributed by atoms with Crippen molar-refractivity contribution in [2.24, 2.45) is 5.73 Å². The Bertz CT molecular complexity index is 1150. The van der Waals surface area contributed by atoms with Gasteiger partial charge in [-0.05, 0) is 72.1 Å². The Morgan fingerprint density at radius 2 is 1.50 bits per heavy atom. The standard InChI is InChI=1S/C29H40N4O5/c1-17(2)33(27(36)22(16-23(30)34)31-28(37)38-29(6,7)8)25(21-14-12-18(3)13-15-21)26(35)32-24-19(4)10-9-11-20(24)5/h9-15,17,22,25H,16H2,1-8H3,(H2,30,34)(H,31,37)(H,32,35). The Labute approximate surface area is 225 Å². The van der Waals surface area contributed by atoms with Crippen molar-refractivity contribution in [3.63, 3.8) is 0 Å². The summed E-state index contributed by atoms with van der Waals surface area (Å²) in [4.78, 5) is 53.7. The van der Waals surface area contributed by atoms with E-state index in [4.69, 9.17) is 10.5 Å². The van der Waals surface area contributed by atoms with E-state index in [1.165, 1.54) is 4.90 Å². The fourth-order valence-electron chi connectivity index (χ4n) is 4.10. The molecule has 0 bridgehead atoms. The third-order valence-electron chi connectivity index (χ3n) is 5.85. The monoisotopic (exact) mass is 524 g/mol. The Morgan fingerprint density at radius 3 is 1.97 bits per heavy atom. The van der Waals surface area contributed by atoms with E-state index < -0.39 is 54.0 Å². The van der Waals surface area contributed by atoms with Crippen molar-refractivity contribution < 1.29 is 23.9 Å². The predicted octanol–water partition coefficient (Wildman–Crippen LogP) is 4.30. The second kappa shape index (κ2) is 12.6. The van der Waals surface area contributed by atoms with Gasteiger partial charge in [-0.1, -0.05) is 48.0 Å². The summed E-state index contributed by atoms with van der Waals surface area (Å²) in [6, 6.07) is 10.1. The molecule has 2 atom stereocenters. The van der Waals surface area contributed by atoms with Gasteiger partial charge in [0.15, 0.2) is 0 Å². The quantitative estimate of drug-likeness (QED) is 0.450. The molecule has 0 aliphatic heterocycles. The largest absolute Gasteiger partial charge is 0.444 e. The summed E-state index contributed by atoms with van der Waals surface area (Å²) >= 11 is 0. The number of rotatable bonds is 9. The molecule has 4 amide bonds. The summed E-state index contributed by atoms with van der Waals surface area (Å²) in [6.45, 7) is 14.3. The van der Waals surface area contributed by atoms with Gasteiger partial charge < -0.3 is 26.0 Å². The molecule has 2 unspecified atom stereocenters. The van der Waals surface area contributed by atoms with Gasteiger partial charge in [0.2, 0.25) is 11.8 Å². The maximum absolute atomic E-state index is 14.0. The molecule has 0 fully saturated rings. The number of nitrogens with zero attached hydrogens (tertiary/aromatic N) is 1. The number of primary amides is 1. The minimum absolute atomic E-state index is 0.427. The first-order chi connectivity index (χ1) is 17.6. The number of nitrogens with two attached hydrogens (primary N) is 1. The Kier molecular flexibility index (Phi) is 10.0. The molecular weight excluding hydrogens is 484 g/mol. The molecule has 9 heteroatoms. The molecule has 206 valence electrons. The lowest BCUT2D eigenvalue weighted by Gasteiger charge is -2.37. The van der Waals surface area contributed by atoms with Crippen LogP contribution in [0.1, 0.15) is 69.3 Å². The molecule has 0 spiro atoms. The lowest BCUT2D eigenvalue weighted by atomic mass is 9.99. The molecule has 0 radical (unpaired) electrons. The zero-order chi connectivity index (χ0) is 28.8. The fraction of sp³-hybridized carbons (Fsp3) is 0.448. The minimum atomic E-state index is -1.33. The first-order valence-corrected chi connectivity index (χ1v) is 12.6. The van der Waals surface area contributed by atoms with Crippen molar-refractivity contribution in [2.75, 3.05) is 5.32 Å². The first kappa shape index (κ1) is 30.3. The van der Waals surface area contributed by atoms with Gasteiger partial charge in [-0.25, -0.2) is 4.79 Å². The van der Waals surface area contributed by atoms with Gasteiger partial charge in [-0.15, -0.1) is 0 Å². The molecule has 2 rings (SSSR count). The lowest BCUT2D eigenvalue weighted by molar-refractivity contribution is -0.143. The maximum atomic E-state index is 14.0. The van der Waals surface area contributed by atoms with Gasteiger partial charge in [0.1, 0.15) is 17.7 Å². The highest BCUT2D eigenvalue weighted by molar-refractivity contribution is 6.00. The number of para-hydroxylation sites is 1. The van der Waals surface area contributed by atoms with Gasteiger partial charge >= 0.3 is 6.09 Å². The summed E-state index contributed by atoms with van der Waals surface area (Å²) in [6.07, 6.45) is -1.33. The van der Waals surface area contributed by atoms with Gasteiger partial charge in [0, 0.05) is 11.7 Å². The van der Waals surface area contributed by atoms with Crippen LogP contribution in [0.5, 0.6) is 0 Å². The molecule has 38 heavy (non-hydrogen) atoms. The summed E-state index contributed by atoms with van der Waals surface area (Å²) < 4.78 is 5.30. The van der Waals surface area contributed by atoms with Crippen LogP contribution in [0.25, 0.3) is 0 Å². The molecule has 0 saturated heterocycles. The summed E-state index contributed by atoms with van der Waals surface area (Å²) in [7, 11) is 0. The predicted molar refractivity (Wildman–Crippen MR) is 147 cm³/mol. The highest BCUT2D eigenvalue weighted by Crippen LogP contribution is 2.29. The van der Waals surface area contributed by atoms with Crippen molar-refractivity contribution in [1.29, 1.82) is 0 Å². The van der Waals surface area contributed by atoms with Crippen LogP contribution < -0.4 is 16.4 Å². The Morgan fingerprint density at radius 1 is 0.947 bits per heavy atom. The van der Waals surface area contributed by atoms with Crippen molar-refractivity contribution in [1.82, 2.24) is 10.2 Å². The van der Waals surface area contributed by atoms with Crippen LogP contribution in [-0.2, 0) is 19.1 Å². The number of hydrogen-bond donors (Lipinski definition) is 3. The minimum Gasteiger partial charge on any atom is -0.444 e. The average molecular weight is 525 g/mol. The van der Waals surface area contributed by atoms with Crippen LogP contribution in [0.3, 0.4) is 0 Å². The second-order valence-electron chi connectivity index (χ2n) is 10.8. The third-order valence-corrected chi connectivity index (χ3v) is 5.85. The molecule has 0 aliphatic rings. The number of ether oxygens (including phenoxy) is 1. The molecule has 2 aromatic carbocycles. The van der Waals surface area contributed by atoms with E-state index in [9.17, 15) is 19.2 Å². The molecule has 2 aromatic rings. The van der Waals surface area contributed by atoms with E-state index in [1.54, 1.807) is 46.8 Å². The topological polar surface area (TPSA) is 131 Å². The number of carbonyl (C=O) groups excluding carboxylic acids is 4. The van der Waals surface area contributed by atoms with Gasteiger partial charge in [0.25, 0.3) is 5.91 Å². The number of hydrogen-bond acceptors (Lipinski definition) is 5. The molecule has 9 nitrogen and oxygen atoms in total. The number of nitrogens with one attached hydrogen (secondary N) is 2. The summed E-state index contributed by atoms with van der Waals surface area (Å²) in [5.74, 6) is -1.84. The maximum Gasteiger partial charge on any atom is 0.408 e. The average Bonchev–Trinajstić information content (AvgIpc) is 2.78. The summed E-state index contributed by atoms with van der Waals surface area (Å²) in [5.41, 5.74) is 8.59. The van der Waals surface area contributed by atoms with Crippen LogP contribution >= 0.6 is 0 Å². The van der Waals surface area contributed by atoms with E-state index >= 15 is 0 Å². The number of aryl methyl sites for hydroxylation is 3. The lowest BCUT2D eigenvalue weighted by Crippen LogP contribution is -2.55. The van der Waals surface area contributed by atoms with Crippen molar-refractivity contribution in [3.05, 3.63) is 64.7 Å². The molecule has 0 aromatic heterocycles. The van der Waals surface area contributed by atoms with Crippen LogP contribution in [0.2, 0.25) is 0 Å². The number of benzene rings is 2. The smallest absolute Gasteiger partial charge is 0.408 e. The highest BCUT2D eigenvalue weighted by atomic mass is 16.6. The van der Waals surface area contributed by atoms with E-state index in [1.807, 2.05) is 51.1 Å². The fourth-order valence-corrected chi connectivity index (χ4v) is 4.10. The van der Waals surface area contributed by atoms with Crippen molar-refractivity contribution in [2.45, 2.75) is 85.5 Å². The zero-order valence-electron chi connectivity index (χ0n) is 23.5. The normalized spacial score (nSPS) is 12.9. The molecule has 0 saturated carbocycles. The van der Waals surface area contributed by atoms with Crippen LogP contribution in [0, 0.1) is 20.8 Å². The van der Waals surface area contributed by atoms with Crippen LogP contribution in [-0.4, -0.2) is 46.4 Å². The number of alkyl carbamates (subject to hydrolysis) is 1. The number of anilines is 1. The van der Waals surface area contributed by atoms with Gasteiger partial charge in [-0.3, -0.25) is 14.4 Å². The van der Waals surface area contributed by atoms with E-state index in [2.05, 4.69) is 10.6 Å². The van der Waals surface area contributed by atoms with Crippen molar-refractivity contribution >= 4 is 29.5 Å². The number of amides is 4. The van der Waals surface area contributed by atoms with Crippen LogP contribution in [0.4, 0.5) is 10.5 Å². The number of carbonyl (C=O) groups is 4. The highest BCUT2D eigenvalue weighted by Gasteiger charge is 2.38. The molecular formula is C29H40N4O5. The Hall–Kier alpha value is -3.88. The van der Waals surface area contributed by atoms with Crippen molar-refractivity contribution in [3.8, 4) is 0 Å². The van der Waals surface area contributed by atoms with E-state index in [-0.39, 0.29) is 0 Å². The third kappa shape index (κ3) is 8.33. The van der Waals surface area contributed by atoms with Gasteiger partial charge in [0.05, 0.1) is 6.42 Å². The SMILES string of the molecule is Cc1ccc(C(C(=O)Nc2c(C)cccc2C)N(C(=O)C(CC(N)=O)NC(=O)OC(C)(C)C)C(C)C)cc1. The second-order valence-corrected chi connectivity index (χ2v) is 10.8. The zero-order valence-corrected chi connectivity index (χ0v) is 23.5. The molecule has 0 aliphatic carbocycles. The summed E-state index contributed by atoms with van der Waals surface area (Å²) in [5, 5.41) is 5.47. The van der Waals surface area contributed by atoms with E-state index in [0.29, 0.717) is 11.3 Å². The van der Waals surface area contributed by atoms with Crippen LogP contribution in [0.15, 0.2) is 42.5 Å². The molecule has 0 heterocycles. The first-order valence-electron chi connectivity index (χ1n) is 12.6. The molecule has 4 N–H and O–H groups in total. The van der Waals surface area contributed by atoms with Gasteiger partial charge in [-0.2, -0.15) is 0 Å². The Balaban J connectivity index is 2.56.